The lowest BCUT2D eigenvalue weighted by molar-refractivity contribution is -0.118. The Labute approximate surface area is 155 Å². The van der Waals surface area contributed by atoms with E-state index in [9.17, 15) is 9.59 Å². The Morgan fingerprint density at radius 2 is 2.31 bits per heavy atom. The van der Waals surface area contributed by atoms with Gasteiger partial charge in [0.2, 0.25) is 11.1 Å². The van der Waals surface area contributed by atoms with Gasteiger partial charge < -0.3 is 9.73 Å². The number of hydrogen-bond donors (Lipinski definition) is 2. The summed E-state index contributed by atoms with van der Waals surface area (Å²) in [5.74, 6) is 0.655. The van der Waals surface area contributed by atoms with Crippen LogP contribution in [0.3, 0.4) is 0 Å². The Bertz CT molecular complexity index is 1080. The van der Waals surface area contributed by atoms with E-state index in [2.05, 4.69) is 20.6 Å². The summed E-state index contributed by atoms with van der Waals surface area (Å²) in [6.45, 7) is 0.325. The Kier molecular flexibility index (Phi) is 4.59. The maximum absolute atomic E-state index is 12.0. The van der Waals surface area contributed by atoms with Gasteiger partial charge in [-0.25, -0.2) is 9.61 Å². The molecule has 2 N–H and O–H groups in total. The van der Waals surface area contributed by atoms with E-state index in [0.717, 1.165) is 4.88 Å². The minimum atomic E-state index is -0.327. The molecular weight excluding hydrogens is 374 g/mol. The van der Waals surface area contributed by atoms with Crippen LogP contribution < -0.4 is 10.9 Å². The van der Waals surface area contributed by atoms with Crippen molar-refractivity contribution in [2.45, 2.75) is 11.7 Å². The Morgan fingerprint density at radius 3 is 3.08 bits per heavy atom. The molecule has 0 bridgehead atoms. The number of carbonyl (C=O) groups excluding carboxylic acids is 1. The van der Waals surface area contributed by atoms with E-state index < -0.39 is 0 Å². The number of furan rings is 1. The van der Waals surface area contributed by atoms with Crippen molar-refractivity contribution in [3.63, 3.8) is 0 Å². The second-order valence-electron chi connectivity index (χ2n) is 5.28. The molecule has 4 rings (SSSR count). The molecule has 0 aliphatic carbocycles. The predicted molar refractivity (Wildman–Crippen MR) is 98.2 cm³/mol. The molecule has 0 aromatic carbocycles. The lowest BCUT2D eigenvalue weighted by Gasteiger charge is -2.04. The largest absolute Gasteiger partial charge is 0.467 e. The fraction of sp³-hybridized carbons (Fsp3) is 0.125. The standard InChI is InChI=1S/C16H13N5O3S2/c22-14(17-8-10-3-1-5-24-10)9-26-16-19-18-15(23)12-7-11(20-21(12)16)13-4-2-6-25-13/h1-7H,8-9H2,(H,17,22)(H,18,23). The maximum Gasteiger partial charge on any atom is 0.290 e. The molecule has 132 valence electrons. The molecule has 0 aliphatic heterocycles. The van der Waals surface area contributed by atoms with Gasteiger partial charge in [-0.15, -0.1) is 16.4 Å². The van der Waals surface area contributed by atoms with Crippen molar-refractivity contribution >= 4 is 34.5 Å². The van der Waals surface area contributed by atoms with E-state index in [1.165, 1.54) is 27.6 Å². The number of aromatic nitrogens is 4. The van der Waals surface area contributed by atoms with Crippen LogP contribution in [-0.4, -0.2) is 31.5 Å². The summed E-state index contributed by atoms with van der Waals surface area (Å²) in [5.41, 5.74) is 0.761. The zero-order valence-electron chi connectivity index (χ0n) is 13.3. The molecular formula is C16H13N5O3S2. The first kappa shape index (κ1) is 16.6. The molecule has 0 aliphatic rings. The first-order valence-corrected chi connectivity index (χ1v) is 9.51. The number of aromatic amines is 1. The van der Waals surface area contributed by atoms with Gasteiger partial charge in [-0.2, -0.15) is 5.10 Å². The van der Waals surface area contributed by atoms with Crippen LogP contribution in [0.25, 0.3) is 16.1 Å². The number of thiophene rings is 1. The van der Waals surface area contributed by atoms with Gasteiger partial charge in [0.15, 0.2) is 0 Å². The van der Waals surface area contributed by atoms with Crippen LogP contribution in [0.1, 0.15) is 5.76 Å². The third-order valence-corrected chi connectivity index (χ3v) is 5.34. The minimum absolute atomic E-state index is 0.142. The molecule has 8 nitrogen and oxygen atoms in total. The molecule has 4 heterocycles. The number of rotatable bonds is 6. The SMILES string of the molecule is O=C(CSc1n[nH]c(=O)c2cc(-c3cccs3)nn12)NCc1ccco1. The maximum atomic E-state index is 12.0. The van der Waals surface area contributed by atoms with Gasteiger partial charge in [-0.1, -0.05) is 17.8 Å². The van der Waals surface area contributed by atoms with Crippen LogP contribution in [0.15, 0.2) is 56.3 Å². The average Bonchev–Trinajstić information content (AvgIpc) is 3.40. The van der Waals surface area contributed by atoms with E-state index in [-0.39, 0.29) is 17.2 Å². The number of amides is 1. The van der Waals surface area contributed by atoms with Gasteiger partial charge in [0.1, 0.15) is 17.0 Å². The van der Waals surface area contributed by atoms with Crippen LogP contribution in [0.4, 0.5) is 0 Å². The molecule has 0 unspecified atom stereocenters. The summed E-state index contributed by atoms with van der Waals surface area (Å²) in [7, 11) is 0. The molecule has 10 heteroatoms. The fourth-order valence-corrected chi connectivity index (χ4v) is 3.73. The van der Waals surface area contributed by atoms with Crippen molar-refractivity contribution in [2.75, 3.05) is 5.75 Å². The van der Waals surface area contributed by atoms with Crippen molar-refractivity contribution in [3.8, 4) is 10.6 Å². The summed E-state index contributed by atoms with van der Waals surface area (Å²) in [4.78, 5) is 25.0. The zero-order chi connectivity index (χ0) is 17.9. The molecule has 26 heavy (non-hydrogen) atoms. The summed E-state index contributed by atoms with van der Waals surface area (Å²) < 4.78 is 6.64. The van der Waals surface area contributed by atoms with E-state index in [1.54, 1.807) is 24.5 Å². The molecule has 0 saturated carbocycles. The van der Waals surface area contributed by atoms with Crippen LogP contribution in [0, 0.1) is 0 Å². The van der Waals surface area contributed by atoms with Crippen LogP contribution in [0.5, 0.6) is 0 Å². The number of nitrogens with zero attached hydrogens (tertiary/aromatic N) is 3. The predicted octanol–water partition coefficient (Wildman–Crippen LogP) is 2.15. The van der Waals surface area contributed by atoms with E-state index in [0.29, 0.717) is 28.7 Å². The van der Waals surface area contributed by atoms with Gasteiger partial charge in [-0.3, -0.25) is 9.59 Å². The normalized spacial score (nSPS) is 11.1. The third kappa shape index (κ3) is 3.41. The van der Waals surface area contributed by atoms with Crippen molar-refractivity contribution in [2.24, 2.45) is 0 Å². The van der Waals surface area contributed by atoms with Gasteiger partial charge in [-0.05, 0) is 29.6 Å². The molecule has 0 saturated heterocycles. The monoisotopic (exact) mass is 387 g/mol. The van der Waals surface area contributed by atoms with Crippen LogP contribution in [-0.2, 0) is 11.3 Å². The fourth-order valence-electron chi connectivity index (χ4n) is 2.31. The molecule has 0 fully saturated rings. The smallest absolute Gasteiger partial charge is 0.290 e. The molecule has 4 aromatic heterocycles. The zero-order valence-corrected chi connectivity index (χ0v) is 15.0. The lowest BCUT2D eigenvalue weighted by atomic mass is 10.3. The van der Waals surface area contributed by atoms with Crippen molar-refractivity contribution < 1.29 is 9.21 Å². The second-order valence-corrected chi connectivity index (χ2v) is 7.17. The van der Waals surface area contributed by atoms with Crippen molar-refractivity contribution in [3.05, 3.63) is 58.1 Å². The number of thioether (sulfide) groups is 1. The summed E-state index contributed by atoms with van der Waals surface area (Å²) in [6, 6.07) is 9.12. The van der Waals surface area contributed by atoms with Gasteiger partial charge in [0.25, 0.3) is 5.56 Å². The van der Waals surface area contributed by atoms with E-state index in [4.69, 9.17) is 4.42 Å². The number of nitrogens with one attached hydrogen (secondary N) is 2. The number of hydrogen-bond acceptors (Lipinski definition) is 7. The number of H-pyrrole nitrogens is 1. The minimum Gasteiger partial charge on any atom is -0.467 e. The third-order valence-electron chi connectivity index (χ3n) is 3.52. The van der Waals surface area contributed by atoms with Crippen molar-refractivity contribution in [1.29, 1.82) is 0 Å². The van der Waals surface area contributed by atoms with Crippen LogP contribution >= 0.6 is 23.1 Å². The second kappa shape index (κ2) is 7.18. The van der Waals surface area contributed by atoms with Gasteiger partial charge in [0.05, 0.1) is 23.4 Å². The van der Waals surface area contributed by atoms with E-state index >= 15 is 0 Å². The Morgan fingerprint density at radius 1 is 1.38 bits per heavy atom. The van der Waals surface area contributed by atoms with Crippen LogP contribution in [0.2, 0.25) is 0 Å². The Balaban J connectivity index is 1.50. The first-order chi connectivity index (χ1) is 12.7. The lowest BCUT2D eigenvalue weighted by Crippen LogP contribution is -2.24. The summed E-state index contributed by atoms with van der Waals surface area (Å²) in [5, 5.41) is 16.1. The Hall–Kier alpha value is -2.85. The molecule has 1 amide bonds. The van der Waals surface area contributed by atoms with E-state index in [1.807, 2.05) is 17.5 Å². The highest BCUT2D eigenvalue weighted by Crippen LogP contribution is 2.25. The topological polar surface area (TPSA) is 105 Å². The quantitative estimate of drug-likeness (QED) is 0.491. The van der Waals surface area contributed by atoms with Gasteiger partial charge >= 0.3 is 0 Å². The molecule has 4 aromatic rings. The number of carbonyl (C=O) groups is 1. The molecule has 0 atom stereocenters. The molecule has 0 spiro atoms. The summed E-state index contributed by atoms with van der Waals surface area (Å²) in [6.07, 6.45) is 1.56. The summed E-state index contributed by atoms with van der Waals surface area (Å²) >= 11 is 2.73. The van der Waals surface area contributed by atoms with Gasteiger partial charge in [0, 0.05) is 0 Å². The average molecular weight is 387 g/mol. The molecule has 0 radical (unpaired) electrons. The highest BCUT2D eigenvalue weighted by Gasteiger charge is 2.14. The highest BCUT2D eigenvalue weighted by molar-refractivity contribution is 7.99. The highest BCUT2D eigenvalue weighted by atomic mass is 32.2. The first-order valence-electron chi connectivity index (χ1n) is 7.65. The van der Waals surface area contributed by atoms with Crippen molar-refractivity contribution in [1.82, 2.24) is 25.1 Å². The number of fused-ring (bicyclic) bond motifs is 1.